The molecular formula is C23H31N5O. The Bertz CT molecular complexity index is 798. The Morgan fingerprint density at radius 3 is 2.62 bits per heavy atom. The van der Waals surface area contributed by atoms with Gasteiger partial charge in [0.25, 0.3) is 0 Å². The number of pyridine rings is 1. The van der Waals surface area contributed by atoms with Crippen LogP contribution in [-0.4, -0.2) is 47.6 Å². The molecule has 0 atom stereocenters. The lowest BCUT2D eigenvalue weighted by Crippen LogP contribution is -2.47. The zero-order valence-electron chi connectivity index (χ0n) is 17.2. The Hall–Kier alpha value is -2.39. The highest BCUT2D eigenvalue weighted by molar-refractivity contribution is 5.48. The minimum Gasteiger partial charge on any atom is -0.424 e. The standard InChI is InChI=1S/C23H31N5O/c24-18-21-23(29-22(26-21)10-9-19-6-2-1-3-7-19)28-16-14-27(15-17-28)13-11-20-8-4-5-12-25-20/h4-5,8,12,19H,1-3,6-7,9-11,13-17H2. The van der Waals surface area contributed by atoms with Crippen LogP contribution in [0.1, 0.15) is 55.8 Å². The van der Waals surface area contributed by atoms with Crippen molar-refractivity contribution in [3.05, 3.63) is 41.7 Å². The first-order chi connectivity index (χ1) is 14.3. The molecule has 1 saturated heterocycles. The Balaban J connectivity index is 1.28. The van der Waals surface area contributed by atoms with Gasteiger partial charge in [-0.2, -0.15) is 5.26 Å². The monoisotopic (exact) mass is 393 g/mol. The zero-order chi connectivity index (χ0) is 19.9. The van der Waals surface area contributed by atoms with Gasteiger partial charge in [0, 0.05) is 57.5 Å². The van der Waals surface area contributed by atoms with E-state index in [1.54, 1.807) is 0 Å². The van der Waals surface area contributed by atoms with E-state index >= 15 is 0 Å². The molecular weight excluding hydrogens is 362 g/mol. The molecule has 154 valence electrons. The minimum atomic E-state index is 0.450. The van der Waals surface area contributed by atoms with Gasteiger partial charge in [0.2, 0.25) is 11.6 Å². The lowest BCUT2D eigenvalue weighted by atomic mass is 9.86. The lowest BCUT2D eigenvalue weighted by molar-refractivity contribution is 0.255. The first kappa shape index (κ1) is 19.9. The molecule has 6 nitrogen and oxygen atoms in total. The van der Waals surface area contributed by atoms with Crippen molar-refractivity contribution in [1.29, 1.82) is 5.26 Å². The summed E-state index contributed by atoms with van der Waals surface area (Å²) in [5, 5.41) is 9.53. The number of rotatable bonds is 7. The van der Waals surface area contributed by atoms with Crippen LogP contribution in [0.3, 0.4) is 0 Å². The third-order valence-electron chi connectivity index (χ3n) is 6.32. The van der Waals surface area contributed by atoms with Crippen molar-refractivity contribution in [3.8, 4) is 6.07 Å². The predicted octanol–water partition coefficient (Wildman–Crippen LogP) is 3.82. The number of nitrogens with zero attached hydrogens (tertiary/aromatic N) is 5. The fraction of sp³-hybridized carbons (Fsp3) is 0.609. The summed E-state index contributed by atoms with van der Waals surface area (Å²) in [5.74, 6) is 2.21. The number of hydrogen-bond donors (Lipinski definition) is 0. The quantitative estimate of drug-likeness (QED) is 0.712. The average molecular weight is 394 g/mol. The van der Waals surface area contributed by atoms with E-state index in [0.717, 1.165) is 69.5 Å². The smallest absolute Gasteiger partial charge is 0.234 e. The lowest BCUT2D eigenvalue weighted by Gasteiger charge is -2.34. The van der Waals surface area contributed by atoms with Crippen LogP contribution in [0.15, 0.2) is 28.8 Å². The number of anilines is 1. The molecule has 3 heterocycles. The summed E-state index contributed by atoms with van der Waals surface area (Å²) in [6.45, 7) is 4.69. The SMILES string of the molecule is N#Cc1nc(CCC2CCCCC2)oc1N1CCN(CCc2ccccn2)CC1. The van der Waals surface area contributed by atoms with Crippen molar-refractivity contribution in [2.45, 2.75) is 51.4 Å². The van der Waals surface area contributed by atoms with E-state index in [1.165, 1.54) is 32.1 Å². The van der Waals surface area contributed by atoms with Crippen molar-refractivity contribution in [1.82, 2.24) is 14.9 Å². The van der Waals surface area contributed by atoms with Crippen LogP contribution < -0.4 is 4.90 Å². The van der Waals surface area contributed by atoms with Gasteiger partial charge >= 0.3 is 0 Å². The second-order valence-corrected chi connectivity index (χ2v) is 8.32. The Kier molecular flexibility index (Phi) is 6.79. The molecule has 1 aliphatic carbocycles. The summed E-state index contributed by atoms with van der Waals surface area (Å²) in [5.41, 5.74) is 1.59. The highest BCUT2D eigenvalue weighted by atomic mass is 16.4. The van der Waals surface area contributed by atoms with Crippen LogP contribution in [0, 0.1) is 17.2 Å². The first-order valence-corrected chi connectivity index (χ1v) is 11.1. The second-order valence-electron chi connectivity index (χ2n) is 8.32. The number of hydrogen-bond acceptors (Lipinski definition) is 6. The highest BCUT2D eigenvalue weighted by Crippen LogP contribution is 2.29. The van der Waals surface area contributed by atoms with Gasteiger partial charge in [-0.05, 0) is 24.5 Å². The topological polar surface area (TPSA) is 69.2 Å². The van der Waals surface area contributed by atoms with E-state index in [-0.39, 0.29) is 0 Å². The normalized spacial score (nSPS) is 18.7. The summed E-state index contributed by atoms with van der Waals surface area (Å²) in [7, 11) is 0. The second kappa shape index (κ2) is 9.89. The molecule has 0 aromatic carbocycles. The largest absolute Gasteiger partial charge is 0.424 e. The maximum Gasteiger partial charge on any atom is 0.234 e. The average Bonchev–Trinajstić information content (AvgIpc) is 3.21. The highest BCUT2D eigenvalue weighted by Gasteiger charge is 2.24. The van der Waals surface area contributed by atoms with Crippen molar-refractivity contribution in [3.63, 3.8) is 0 Å². The van der Waals surface area contributed by atoms with E-state index in [2.05, 4.69) is 31.9 Å². The summed E-state index contributed by atoms with van der Waals surface area (Å²) in [4.78, 5) is 13.5. The van der Waals surface area contributed by atoms with Crippen molar-refractivity contribution in [2.75, 3.05) is 37.6 Å². The number of piperazine rings is 1. The maximum absolute atomic E-state index is 9.53. The molecule has 0 bridgehead atoms. The van der Waals surface area contributed by atoms with Crippen LogP contribution in [0.2, 0.25) is 0 Å². The fourth-order valence-electron chi connectivity index (χ4n) is 4.55. The van der Waals surface area contributed by atoms with Gasteiger partial charge in [-0.1, -0.05) is 38.2 Å². The third-order valence-corrected chi connectivity index (χ3v) is 6.32. The van der Waals surface area contributed by atoms with E-state index in [4.69, 9.17) is 4.42 Å². The molecule has 0 unspecified atom stereocenters. The van der Waals surface area contributed by atoms with Gasteiger partial charge in [-0.15, -0.1) is 0 Å². The van der Waals surface area contributed by atoms with Crippen LogP contribution in [0.5, 0.6) is 0 Å². The van der Waals surface area contributed by atoms with Crippen LogP contribution in [0.25, 0.3) is 0 Å². The number of nitriles is 1. The van der Waals surface area contributed by atoms with Crippen LogP contribution in [0.4, 0.5) is 5.88 Å². The molecule has 29 heavy (non-hydrogen) atoms. The van der Waals surface area contributed by atoms with E-state index in [1.807, 2.05) is 18.3 Å². The molecule has 2 aromatic rings. The summed E-state index contributed by atoms with van der Waals surface area (Å²) in [6, 6.07) is 8.32. The molecule has 0 amide bonds. The Labute approximate surface area is 173 Å². The molecule has 0 radical (unpaired) electrons. The van der Waals surface area contributed by atoms with Crippen molar-refractivity contribution in [2.24, 2.45) is 5.92 Å². The van der Waals surface area contributed by atoms with E-state index in [0.29, 0.717) is 11.6 Å². The summed E-state index contributed by atoms with van der Waals surface area (Å²) >= 11 is 0. The zero-order valence-corrected chi connectivity index (χ0v) is 17.2. The molecule has 0 N–H and O–H groups in total. The van der Waals surface area contributed by atoms with Gasteiger partial charge in [-0.3, -0.25) is 9.88 Å². The maximum atomic E-state index is 9.53. The van der Waals surface area contributed by atoms with Crippen LogP contribution in [-0.2, 0) is 12.8 Å². The number of aryl methyl sites for hydroxylation is 1. The van der Waals surface area contributed by atoms with Gasteiger partial charge in [0.1, 0.15) is 6.07 Å². The molecule has 1 saturated carbocycles. The summed E-state index contributed by atoms with van der Waals surface area (Å²) in [6.07, 6.45) is 11.6. The van der Waals surface area contributed by atoms with Gasteiger partial charge < -0.3 is 9.32 Å². The van der Waals surface area contributed by atoms with E-state index < -0.39 is 0 Å². The molecule has 2 fully saturated rings. The molecule has 1 aliphatic heterocycles. The molecule has 2 aliphatic rings. The van der Waals surface area contributed by atoms with Crippen molar-refractivity contribution < 1.29 is 4.42 Å². The molecule has 6 heteroatoms. The summed E-state index contributed by atoms with van der Waals surface area (Å²) < 4.78 is 6.06. The number of oxazole rings is 1. The molecule has 0 spiro atoms. The first-order valence-electron chi connectivity index (χ1n) is 11.1. The van der Waals surface area contributed by atoms with Crippen LogP contribution >= 0.6 is 0 Å². The van der Waals surface area contributed by atoms with Crippen molar-refractivity contribution >= 4 is 5.88 Å². The minimum absolute atomic E-state index is 0.450. The molecule has 4 rings (SSSR count). The van der Waals surface area contributed by atoms with Gasteiger partial charge in [0.05, 0.1) is 0 Å². The van der Waals surface area contributed by atoms with E-state index in [9.17, 15) is 5.26 Å². The third kappa shape index (κ3) is 5.36. The fourth-order valence-corrected chi connectivity index (χ4v) is 4.55. The molecule has 2 aromatic heterocycles. The predicted molar refractivity (Wildman–Crippen MR) is 113 cm³/mol. The number of aromatic nitrogens is 2. The van der Waals surface area contributed by atoms with Gasteiger partial charge in [-0.25, -0.2) is 4.98 Å². The van der Waals surface area contributed by atoms with Gasteiger partial charge in [0.15, 0.2) is 5.89 Å². The Morgan fingerprint density at radius 2 is 1.90 bits per heavy atom. The Morgan fingerprint density at radius 1 is 1.07 bits per heavy atom.